The van der Waals surface area contributed by atoms with Gasteiger partial charge >= 0.3 is 0 Å². The number of halogens is 2. The largest absolute Gasteiger partial charge is 0.0928 e. The van der Waals surface area contributed by atoms with Gasteiger partial charge in [-0.2, -0.15) is 0 Å². The summed E-state index contributed by atoms with van der Waals surface area (Å²) in [6.07, 6.45) is 6.81. The standard InChI is InChI=1S/C9H18Br2/c1-2-3-5-9(8-11)6-4-7-10/h9H,2-8H2,1H3. The third kappa shape index (κ3) is 7.32. The molecule has 0 aromatic heterocycles. The molecule has 0 rings (SSSR count). The van der Waals surface area contributed by atoms with Gasteiger partial charge in [0.2, 0.25) is 0 Å². The molecule has 0 nitrogen and oxygen atoms in total. The van der Waals surface area contributed by atoms with E-state index in [1.54, 1.807) is 0 Å². The van der Waals surface area contributed by atoms with Crippen LogP contribution in [0.2, 0.25) is 0 Å². The molecule has 0 radical (unpaired) electrons. The maximum Gasteiger partial charge on any atom is 0.00596 e. The number of unbranched alkanes of at least 4 members (excludes halogenated alkanes) is 1. The Morgan fingerprint density at radius 3 is 2.18 bits per heavy atom. The zero-order valence-corrected chi connectivity index (χ0v) is 10.5. The maximum atomic E-state index is 3.56. The van der Waals surface area contributed by atoms with Gasteiger partial charge < -0.3 is 0 Å². The van der Waals surface area contributed by atoms with Gasteiger partial charge in [0.05, 0.1) is 0 Å². The third-order valence-corrected chi connectivity index (χ3v) is 3.41. The minimum absolute atomic E-state index is 0.910. The van der Waals surface area contributed by atoms with E-state index in [1.165, 1.54) is 37.4 Å². The number of alkyl halides is 2. The monoisotopic (exact) mass is 284 g/mol. The van der Waals surface area contributed by atoms with Gasteiger partial charge in [-0.1, -0.05) is 51.6 Å². The molecule has 0 aliphatic heterocycles. The van der Waals surface area contributed by atoms with Crippen molar-refractivity contribution in [3.05, 3.63) is 0 Å². The van der Waals surface area contributed by atoms with Crippen LogP contribution in [0.1, 0.15) is 39.0 Å². The summed E-state index contributed by atoms with van der Waals surface area (Å²) in [4.78, 5) is 0. The van der Waals surface area contributed by atoms with E-state index in [2.05, 4.69) is 38.8 Å². The Labute approximate surface area is 87.4 Å². The SMILES string of the molecule is CCCCC(CBr)CCCBr. The summed E-state index contributed by atoms with van der Waals surface area (Å²) in [5.41, 5.74) is 0. The normalized spacial score (nSPS) is 13.4. The van der Waals surface area contributed by atoms with Crippen LogP contribution in [0.15, 0.2) is 0 Å². The third-order valence-electron chi connectivity index (χ3n) is 1.93. The molecule has 0 saturated carbocycles. The molecule has 68 valence electrons. The first kappa shape index (κ1) is 12.0. The average Bonchev–Trinajstić information content (AvgIpc) is 2.05. The molecule has 0 bridgehead atoms. The molecule has 0 amide bonds. The van der Waals surface area contributed by atoms with Gasteiger partial charge in [0.15, 0.2) is 0 Å². The molecule has 0 aliphatic carbocycles. The van der Waals surface area contributed by atoms with Crippen molar-refractivity contribution in [2.24, 2.45) is 5.92 Å². The highest BCUT2D eigenvalue weighted by Gasteiger charge is 2.04. The fourth-order valence-corrected chi connectivity index (χ4v) is 2.13. The number of rotatable bonds is 7. The second-order valence-electron chi connectivity index (χ2n) is 2.99. The van der Waals surface area contributed by atoms with Crippen molar-refractivity contribution in [2.45, 2.75) is 39.0 Å². The lowest BCUT2D eigenvalue weighted by Gasteiger charge is -2.11. The van der Waals surface area contributed by atoms with Crippen LogP contribution in [0.3, 0.4) is 0 Å². The zero-order chi connectivity index (χ0) is 8.53. The summed E-state index contributed by atoms with van der Waals surface area (Å²) in [7, 11) is 0. The molecule has 0 fully saturated rings. The van der Waals surface area contributed by atoms with Crippen molar-refractivity contribution in [1.82, 2.24) is 0 Å². The van der Waals surface area contributed by atoms with Crippen LogP contribution in [0.4, 0.5) is 0 Å². The summed E-state index contributed by atoms with van der Waals surface area (Å²) < 4.78 is 0. The van der Waals surface area contributed by atoms with E-state index >= 15 is 0 Å². The predicted molar refractivity (Wildman–Crippen MR) is 59.8 cm³/mol. The molecular formula is C9H18Br2. The molecule has 0 aromatic rings. The van der Waals surface area contributed by atoms with Crippen LogP contribution < -0.4 is 0 Å². The maximum absolute atomic E-state index is 3.56. The van der Waals surface area contributed by atoms with Crippen LogP contribution in [0, 0.1) is 5.92 Å². The number of hydrogen-bond acceptors (Lipinski definition) is 0. The molecule has 1 unspecified atom stereocenters. The van der Waals surface area contributed by atoms with Gasteiger partial charge in [-0.3, -0.25) is 0 Å². The van der Waals surface area contributed by atoms with Gasteiger partial charge in [-0.25, -0.2) is 0 Å². The molecule has 1 atom stereocenters. The minimum Gasteiger partial charge on any atom is -0.0928 e. The highest BCUT2D eigenvalue weighted by atomic mass is 79.9. The Bertz CT molecular complexity index is 66.0. The van der Waals surface area contributed by atoms with E-state index in [-0.39, 0.29) is 0 Å². The van der Waals surface area contributed by atoms with Crippen molar-refractivity contribution >= 4 is 31.9 Å². The van der Waals surface area contributed by atoms with Gasteiger partial charge in [-0.15, -0.1) is 0 Å². The van der Waals surface area contributed by atoms with Crippen molar-refractivity contribution < 1.29 is 0 Å². The molecule has 0 aromatic carbocycles. The van der Waals surface area contributed by atoms with Gasteiger partial charge in [0.25, 0.3) is 0 Å². The summed E-state index contributed by atoms with van der Waals surface area (Å²) in [5, 5.41) is 2.34. The average molecular weight is 286 g/mol. The molecule has 11 heavy (non-hydrogen) atoms. The lowest BCUT2D eigenvalue weighted by molar-refractivity contribution is 0.478. The van der Waals surface area contributed by atoms with E-state index in [0.29, 0.717) is 0 Å². The Kier molecular flexibility index (Phi) is 9.84. The van der Waals surface area contributed by atoms with Crippen LogP contribution in [0.5, 0.6) is 0 Å². The Morgan fingerprint density at radius 2 is 1.73 bits per heavy atom. The lowest BCUT2D eigenvalue weighted by atomic mass is 10.00. The van der Waals surface area contributed by atoms with E-state index in [1.807, 2.05) is 0 Å². The summed E-state index contributed by atoms with van der Waals surface area (Å²) >= 11 is 7.02. The topological polar surface area (TPSA) is 0 Å². The Morgan fingerprint density at radius 1 is 1.09 bits per heavy atom. The second-order valence-corrected chi connectivity index (χ2v) is 4.43. The van der Waals surface area contributed by atoms with E-state index < -0.39 is 0 Å². The van der Waals surface area contributed by atoms with Crippen LogP contribution in [0.25, 0.3) is 0 Å². The molecule has 0 aliphatic rings. The molecule has 0 spiro atoms. The lowest BCUT2D eigenvalue weighted by Crippen LogP contribution is -2.01. The van der Waals surface area contributed by atoms with Gasteiger partial charge in [0, 0.05) is 10.7 Å². The van der Waals surface area contributed by atoms with Crippen molar-refractivity contribution in [1.29, 1.82) is 0 Å². The van der Waals surface area contributed by atoms with E-state index in [9.17, 15) is 0 Å². The summed E-state index contributed by atoms with van der Waals surface area (Å²) in [5.74, 6) is 0.910. The highest BCUT2D eigenvalue weighted by molar-refractivity contribution is 9.09. The first-order valence-electron chi connectivity index (χ1n) is 4.47. The summed E-state index contributed by atoms with van der Waals surface area (Å²) in [6.45, 7) is 2.26. The van der Waals surface area contributed by atoms with E-state index in [0.717, 1.165) is 11.2 Å². The molecule has 2 heteroatoms. The van der Waals surface area contributed by atoms with Crippen molar-refractivity contribution in [3.63, 3.8) is 0 Å². The van der Waals surface area contributed by atoms with Crippen molar-refractivity contribution in [2.75, 3.05) is 10.7 Å². The minimum atomic E-state index is 0.910. The van der Waals surface area contributed by atoms with Gasteiger partial charge in [0.1, 0.15) is 0 Å². The Balaban J connectivity index is 3.25. The molecule has 0 N–H and O–H groups in total. The molecule has 0 heterocycles. The zero-order valence-electron chi connectivity index (χ0n) is 7.28. The smallest absolute Gasteiger partial charge is 0.00596 e. The fourth-order valence-electron chi connectivity index (χ4n) is 1.16. The first-order chi connectivity index (χ1) is 5.35. The molecular weight excluding hydrogens is 268 g/mol. The first-order valence-corrected chi connectivity index (χ1v) is 6.71. The van der Waals surface area contributed by atoms with Crippen LogP contribution in [-0.4, -0.2) is 10.7 Å². The van der Waals surface area contributed by atoms with Crippen LogP contribution >= 0.6 is 31.9 Å². The van der Waals surface area contributed by atoms with Gasteiger partial charge in [-0.05, 0) is 25.2 Å². The van der Waals surface area contributed by atoms with E-state index in [4.69, 9.17) is 0 Å². The fraction of sp³-hybridized carbons (Fsp3) is 1.00. The predicted octanol–water partition coefficient (Wildman–Crippen LogP) is 4.36. The second kappa shape index (κ2) is 9.05. The van der Waals surface area contributed by atoms with Crippen LogP contribution in [-0.2, 0) is 0 Å². The summed E-state index contributed by atoms with van der Waals surface area (Å²) in [6, 6.07) is 0. The quantitative estimate of drug-likeness (QED) is 0.610. The highest BCUT2D eigenvalue weighted by Crippen LogP contribution is 2.17. The van der Waals surface area contributed by atoms with Crippen molar-refractivity contribution in [3.8, 4) is 0 Å². The number of hydrogen-bond donors (Lipinski definition) is 0. The Hall–Kier alpha value is 0.960. The molecule has 0 saturated heterocycles.